The van der Waals surface area contributed by atoms with Gasteiger partial charge in [-0.05, 0) is 31.0 Å². The number of nitrogens with zero attached hydrogens (tertiary/aromatic N) is 1. The van der Waals surface area contributed by atoms with Crippen molar-refractivity contribution >= 4 is 5.69 Å². The fraction of sp³-hybridized carbons (Fsp3) is 0.214. The Kier molecular flexibility index (Phi) is 3.20. The molecule has 0 fully saturated rings. The van der Waals surface area contributed by atoms with Gasteiger partial charge < -0.3 is 5.32 Å². The van der Waals surface area contributed by atoms with E-state index in [1.54, 1.807) is 0 Å². The predicted octanol–water partition coefficient (Wildman–Crippen LogP) is 3.31. The molecule has 16 heavy (non-hydrogen) atoms. The van der Waals surface area contributed by atoms with Gasteiger partial charge in [-0.2, -0.15) is 0 Å². The summed E-state index contributed by atoms with van der Waals surface area (Å²) >= 11 is 0. The maximum absolute atomic E-state index is 4.15. The topological polar surface area (TPSA) is 24.9 Å². The van der Waals surface area contributed by atoms with E-state index in [2.05, 4.69) is 47.6 Å². The fourth-order valence-corrected chi connectivity index (χ4v) is 1.68. The number of benzene rings is 1. The van der Waals surface area contributed by atoms with E-state index in [9.17, 15) is 0 Å². The zero-order chi connectivity index (χ0) is 11.4. The first-order chi connectivity index (χ1) is 7.74. The number of hydrogen-bond acceptors (Lipinski definition) is 2. The predicted molar refractivity (Wildman–Crippen MR) is 67.5 cm³/mol. The monoisotopic (exact) mass is 212 g/mol. The number of anilines is 1. The van der Waals surface area contributed by atoms with Gasteiger partial charge in [-0.1, -0.05) is 29.8 Å². The summed E-state index contributed by atoms with van der Waals surface area (Å²) in [6.07, 6.45) is 3.71. The maximum atomic E-state index is 4.15. The van der Waals surface area contributed by atoms with Crippen LogP contribution < -0.4 is 5.32 Å². The van der Waals surface area contributed by atoms with Crippen molar-refractivity contribution in [2.75, 3.05) is 5.32 Å². The Balaban J connectivity index is 2.02. The number of pyridine rings is 1. The summed E-state index contributed by atoms with van der Waals surface area (Å²) in [7, 11) is 0. The molecule has 0 saturated carbocycles. The van der Waals surface area contributed by atoms with Crippen LogP contribution in [0.2, 0.25) is 0 Å². The van der Waals surface area contributed by atoms with E-state index in [4.69, 9.17) is 0 Å². The van der Waals surface area contributed by atoms with E-state index in [0.717, 1.165) is 12.2 Å². The lowest BCUT2D eigenvalue weighted by Crippen LogP contribution is -2.00. The smallest absolute Gasteiger partial charge is 0.0532 e. The van der Waals surface area contributed by atoms with Gasteiger partial charge in [0.15, 0.2) is 0 Å². The third kappa shape index (κ3) is 2.83. The Morgan fingerprint density at radius 3 is 2.69 bits per heavy atom. The number of hydrogen-bond donors (Lipinski definition) is 1. The molecule has 1 heterocycles. The molecule has 1 aromatic heterocycles. The minimum absolute atomic E-state index is 0.840. The van der Waals surface area contributed by atoms with Crippen LogP contribution in [0.25, 0.3) is 0 Å². The van der Waals surface area contributed by atoms with Crippen LogP contribution in [0.3, 0.4) is 0 Å². The number of nitrogens with one attached hydrogen (secondary N) is 1. The van der Waals surface area contributed by atoms with Crippen molar-refractivity contribution < 1.29 is 0 Å². The summed E-state index contributed by atoms with van der Waals surface area (Å²) in [6, 6.07) is 10.6. The third-order valence-electron chi connectivity index (χ3n) is 2.45. The Morgan fingerprint density at radius 2 is 1.94 bits per heavy atom. The van der Waals surface area contributed by atoms with Crippen molar-refractivity contribution in [1.29, 1.82) is 0 Å². The van der Waals surface area contributed by atoms with Gasteiger partial charge in [-0.25, -0.2) is 0 Å². The molecular weight excluding hydrogens is 196 g/mol. The summed E-state index contributed by atoms with van der Waals surface area (Å²) in [5.41, 5.74) is 4.83. The van der Waals surface area contributed by atoms with Crippen LogP contribution in [0.15, 0.2) is 42.7 Å². The van der Waals surface area contributed by atoms with Crippen LogP contribution >= 0.6 is 0 Å². The van der Waals surface area contributed by atoms with Crippen molar-refractivity contribution in [3.63, 3.8) is 0 Å². The highest BCUT2D eigenvalue weighted by molar-refractivity contribution is 5.43. The lowest BCUT2D eigenvalue weighted by molar-refractivity contribution is 1.12. The number of rotatable bonds is 3. The highest BCUT2D eigenvalue weighted by Gasteiger charge is 1.95. The van der Waals surface area contributed by atoms with Crippen LogP contribution in [0.5, 0.6) is 0 Å². The summed E-state index contributed by atoms with van der Waals surface area (Å²) in [5.74, 6) is 0. The van der Waals surface area contributed by atoms with Crippen molar-refractivity contribution in [2.45, 2.75) is 20.4 Å². The molecule has 1 N–H and O–H groups in total. The molecule has 0 saturated heterocycles. The highest BCUT2D eigenvalue weighted by atomic mass is 14.9. The Labute approximate surface area is 96.4 Å². The minimum Gasteiger partial charge on any atom is -0.380 e. The zero-order valence-electron chi connectivity index (χ0n) is 9.70. The zero-order valence-corrected chi connectivity index (χ0v) is 9.70. The van der Waals surface area contributed by atoms with Crippen molar-refractivity contribution in [1.82, 2.24) is 4.98 Å². The van der Waals surface area contributed by atoms with E-state index in [-0.39, 0.29) is 0 Å². The normalized spacial score (nSPS) is 10.1. The second-order valence-corrected chi connectivity index (χ2v) is 4.09. The van der Waals surface area contributed by atoms with Crippen molar-refractivity contribution in [3.05, 3.63) is 59.4 Å². The van der Waals surface area contributed by atoms with Crippen LogP contribution in [0.1, 0.15) is 16.7 Å². The standard InChI is InChI=1S/C14H16N2/c1-11-4-3-5-13(6-11)9-16-14-7-12(2)8-15-10-14/h3-8,10,16H,9H2,1-2H3. The lowest BCUT2D eigenvalue weighted by Gasteiger charge is -2.07. The quantitative estimate of drug-likeness (QED) is 0.844. The van der Waals surface area contributed by atoms with Crippen LogP contribution in [0.4, 0.5) is 5.69 Å². The summed E-state index contributed by atoms with van der Waals surface area (Å²) < 4.78 is 0. The number of aromatic nitrogens is 1. The van der Waals surface area contributed by atoms with Gasteiger partial charge >= 0.3 is 0 Å². The summed E-state index contributed by atoms with van der Waals surface area (Å²) in [4.78, 5) is 4.15. The molecule has 0 radical (unpaired) electrons. The number of aryl methyl sites for hydroxylation is 2. The van der Waals surface area contributed by atoms with E-state index in [1.807, 2.05) is 19.3 Å². The molecule has 0 bridgehead atoms. The molecule has 2 aromatic rings. The molecule has 1 aromatic carbocycles. The molecule has 0 aliphatic heterocycles. The molecule has 2 rings (SSSR count). The first-order valence-electron chi connectivity index (χ1n) is 5.45. The second kappa shape index (κ2) is 4.79. The van der Waals surface area contributed by atoms with Gasteiger partial charge in [0.25, 0.3) is 0 Å². The molecule has 0 spiro atoms. The molecule has 82 valence electrons. The maximum Gasteiger partial charge on any atom is 0.0532 e. The fourth-order valence-electron chi connectivity index (χ4n) is 1.68. The van der Waals surface area contributed by atoms with Gasteiger partial charge in [0.05, 0.1) is 5.69 Å². The van der Waals surface area contributed by atoms with Gasteiger partial charge in [0.2, 0.25) is 0 Å². The molecular formula is C14H16N2. The van der Waals surface area contributed by atoms with Crippen LogP contribution in [-0.4, -0.2) is 4.98 Å². The second-order valence-electron chi connectivity index (χ2n) is 4.09. The van der Waals surface area contributed by atoms with Crippen molar-refractivity contribution in [3.8, 4) is 0 Å². The first-order valence-corrected chi connectivity index (χ1v) is 5.45. The van der Waals surface area contributed by atoms with Crippen LogP contribution in [-0.2, 0) is 6.54 Å². The van der Waals surface area contributed by atoms with Crippen molar-refractivity contribution in [2.24, 2.45) is 0 Å². The summed E-state index contributed by atoms with van der Waals surface area (Å²) in [6.45, 7) is 5.00. The minimum atomic E-state index is 0.840. The molecule has 2 nitrogen and oxygen atoms in total. The Hall–Kier alpha value is -1.83. The third-order valence-corrected chi connectivity index (χ3v) is 2.45. The molecule has 0 aliphatic rings. The molecule has 0 unspecified atom stereocenters. The molecule has 0 amide bonds. The van der Waals surface area contributed by atoms with E-state index in [1.165, 1.54) is 16.7 Å². The first kappa shape index (κ1) is 10.7. The summed E-state index contributed by atoms with van der Waals surface area (Å²) in [5, 5.41) is 3.37. The molecule has 2 heteroatoms. The Bertz CT molecular complexity index is 432. The largest absolute Gasteiger partial charge is 0.380 e. The lowest BCUT2D eigenvalue weighted by atomic mass is 10.1. The van der Waals surface area contributed by atoms with Gasteiger partial charge in [0, 0.05) is 18.9 Å². The van der Waals surface area contributed by atoms with Gasteiger partial charge in [-0.15, -0.1) is 0 Å². The SMILES string of the molecule is Cc1cccc(CNc2cncc(C)c2)c1. The van der Waals surface area contributed by atoms with E-state index >= 15 is 0 Å². The average Bonchev–Trinajstić information content (AvgIpc) is 2.27. The Morgan fingerprint density at radius 1 is 1.06 bits per heavy atom. The van der Waals surface area contributed by atoms with Gasteiger partial charge in [-0.3, -0.25) is 4.98 Å². The molecule has 0 atom stereocenters. The van der Waals surface area contributed by atoms with E-state index in [0.29, 0.717) is 0 Å². The van der Waals surface area contributed by atoms with Gasteiger partial charge in [0.1, 0.15) is 0 Å². The van der Waals surface area contributed by atoms with Crippen LogP contribution in [0, 0.1) is 13.8 Å². The average molecular weight is 212 g/mol. The van der Waals surface area contributed by atoms with E-state index < -0.39 is 0 Å². The highest BCUT2D eigenvalue weighted by Crippen LogP contribution is 2.10. The molecule has 0 aliphatic carbocycles.